The molecule has 0 aliphatic heterocycles. The lowest BCUT2D eigenvalue weighted by atomic mass is 10.0. The Bertz CT molecular complexity index is 854. The Morgan fingerprint density at radius 1 is 0.339 bits per heavy atom. The molecule has 0 bridgehead atoms. The molecule has 0 rings (SSSR count). The van der Waals surface area contributed by atoms with Gasteiger partial charge in [0.05, 0.1) is 0 Å². The highest BCUT2D eigenvalue weighted by atomic mass is 16.6. The Hall–Kier alpha value is -1.59. The van der Waals surface area contributed by atoms with Crippen LogP contribution in [0.25, 0.3) is 0 Å². The van der Waals surface area contributed by atoms with Gasteiger partial charge in [0.15, 0.2) is 6.10 Å². The minimum absolute atomic E-state index is 0.0643. The Balaban J connectivity index is 4.29. The van der Waals surface area contributed by atoms with Crippen molar-refractivity contribution in [1.29, 1.82) is 0 Å². The van der Waals surface area contributed by atoms with E-state index >= 15 is 0 Å². The van der Waals surface area contributed by atoms with Gasteiger partial charge in [-0.1, -0.05) is 234 Å². The van der Waals surface area contributed by atoms with Gasteiger partial charge in [-0.15, -0.1) is 0 Å². The molecule has 1 atom stereocenters. The molecule has 0 saturated heterocycles. The first-order valence-electron chi connectivity index (χ1n) is 24.7. The van der Waals surface area contributed by atoms with Crippen molar-refractivity contribution in [2.24, 2.45) is 11.8 Å². The zero-order valence-electron chi connectivity index (χ0n) is 38.3. The van der Waals surface area contributed by atoms with Crippen LogP contribution in [-0.4, -0.2) is 37.2 Å². The van der Waals surface area contributed by atoms with E-state index in [0.717, 1.165) is 69.6 Å². The van der Waals surface area contributed by atoms with Gasteiger partial charge in [0, 0.05) is 19.3 Å². The van der Waals surface area contributed by atoms with Gasteiger partial charge < -0.3 is 14.2 Å². The standard InChI is InChI=1S/C50H96O6/c1-6-7-8-9-10-11-15-20-27-32-37-42-50(53)56-47(44-55-49(52)41-36-31-26-22-21-24-29-34-39-46(4)5)43-54-48(51)40-35-30-25-19-17-14-12-13-16-18-23-28-33-38-45(2)3/h45-47H,6-44H2,1-5H3/t47-/m0/s1. The second-order valence-electron chi connectivity index (χ2n) is 18.1. The van der Waals surface area contributed by atoms with Crippen molar-refractivity contribution in [3.05, 3.63) is 0 Å². The van der Waals surface area contributed by atoms with Crippen LogP contribution in [0.2, 0.25) is 0 Å². The number of carbonyl (C=O) groups is 3. The summed E-state index contributed by atoms with van der Waals surface area (Å²) in [6.45, 7) is 11.3. The summed E-state index contributed by atoms with van der Waals surface area (Å²) in [5.41, 5.74) is 0. The molecule has 0 unspecified atom stereocenters. The molecular formula is C50H96O6. The largest absolute Gasteiger partial charge is 0.462 e. The zero-order valence-corrected chi connectivity index (χ0v) is 38.3. The highest BCUT2D eigenvalue weighted by Crippen LogP contribution is 2.17. The Morgan fingerprint density at radius 2 is 0.589 bits per heavy atom. The summed E-state index contributed by atoms with van der Waals surface area (Å²) in [5, 5.41) is 0. The van der Waals surface area contributed by atoms with Gasteiger partial charge >= 0.3 is 17.9 Å². The number of rotatable bonds is 44. The van der Waals surface area contributed by atoms with Crippen LogP contribution in [0.15, 0.2) is 0 Å². The molecular weight excluding hydrogens is 697 g/mol. The van der Waals surface area contributed by atoms with E-state index in [1.54, 1.807) is 0 Å². The third kappa shape index (κ3) is 43.5. The molecule has 0 amide bonds. The van der Waals surface area contributed by atoms with Crippen LogP contribution in [0.1, 0.15) is 272 Å². The fourth-order valence-corrected chi connectivity index (χ4v) is 7.46. The fraction of sp³-hybridized carbons (Fsp3) is 0.940. The smallest absolute Gasteiger partial charge is 0.306 e. The Kier molecular flexibility index (Phi) is 41.8. The van der Waals surface area contributed by atoms with E-state index in [2.05, 4.69) is 34.6 Å². The first-order chi connectivity index (χ1) is 27.2. The van der Waals surface area contributed by atoms with Crippen LogP contribution in [0.3, 0.4) is 0 Å². The topological polar surface area (TPSA) is 78.9 Å². The second kappa shape index (κ2) is 43.0. The fourth-order valence-electron chi connectivity index (χ4n) is 7.46. The number of hydrogen-bond acceptors (Lipinski definition) is 6. The van der Waals surface area contributed by atoms with Gasteiger partial charge in [-0.25, -0.2) is 0 Å². The molecule has 6 nitrogen and oxygen atoms in total. The van der Waals surface area contributed by atoms with Crippen molar-refractivity contribution in [2.75, 3.05) is 13.2 Å². The summed E-state index contributed by atoms with van der Waals surface area (Å²) >= 11 is 0. The van der Waals surface area contributed by atoms with Gasteiger partial charge in [0.2, 0.25) is 0 Å². The van der Waals surface area contributed by atoms with Crippen molar-refractivity contribution >= 4 is 17.9 Å². The molecule has 0 radical (unpaired) electrons. The lowest BCUT2D eigenvalue weighted by Crippen LogP contribution is -2.30. The van der Waals surface area contributed by atoms with E-state index < -0.39 is 6.10 Å². The van der Waals surface area contributed by atoms with Crippen molar-refractivity contribution in [3.8, 4) is 0 Å². The first-order valence-corrected chi connectivity index (χ1v) is 24.7. The van der Waals surface area contributed by atoms with E-state index in [1.165, 1.54) is 161 Å². The molecule has 0 aliphatic rings. The number of hydrogen-bond donors (Lipinski definition) is 0. The Labute approximate surface area is 348 Å². The molecule has 0 aromatic carbocycles. The number of ether oxygens (including phenoxy) is 3. The summed E-state index contributed by atoms with van der Waals surface area (Å²) in [5.74, 6) is 0.783. The van der Waals surface area contributed by atoms with Gasteiger partial charge in [0.1, 0.15) is 13.2 Å². The summed E-state index contributed by atoms with van der Waals surface area (Å²) in [6, 6.07) is 0. The normalized spacial score (nSPS) is 12.1. The van der Waals surface area contributed by atoms with Gasteiger partial charge in [-0.05, 0) is 31.1 Å². The quantitative estimate of drug-likeness (QED) is 0.0347. The number of unbranched alkanes of at least 4 members (excludes halogenated alkanes) is 29. The first kappa shape index (κ1) is 54.4. The van der Waals surface area contributed by atoms with Crippen LogP contribution in [0.4, 0.5) is 0 Å². The SMILES string of the molecule is CCCCCCCCCCCCCC(=O)O[C@@H](COC(=O)CCCCCCCCCCCCCCCC(C)C)COC(=O)CCCCCCCCCCC(C)C. The summed E-state index contributed by atoms with van der Waals surface area (Å²) in [4.78, 5) is 37.8. The second-order valence-corrected chi connectivity index (χ2v) is 18.1. The van der Waals surface area contributed by atoms with Crippen LogP contribution in [0, 0.1) is 11.8 Å². The molecule has 0 heterocycles. The maximum absolute atomic E-state index is 12.7. The maximum Gasteiger partial charge on any atom is 0.306 e. The third-order valence-corrected chi connectivity index (χ3v) is 11.2. The Morgan fingerprint density at radius 3 is 0.875 bits per heavy atom. The van der Waals surface area contributed by atoms with E-state index in [4.69, 9.17) is 14.2 Å². The molecule has 0 N–H and O–H groups in total. The molecule has 0 fully saturated rings. The van der Waals surface area contributed by atoms with Crippen molar-refractivity contribution in [3.63, 3.8) is 0 Å². The molecule has 0 saturated carbocycles. The van der Waals surface area contributed by atoms with Gasteiger partial charge in [-0.3, -0.25) is 14.4 Å². The maximum atomic E-state index is 12.7. The van der Waals surface area contributed by atoms with E-state index in [-0.39, 0.29) is 31.1 Å². The molecule has 0 aromatic rings. The summed E-state index contributed by atoms with van der Waals surface area (Å²) < 4.78 is 16.8. The van der Waals surface area contributed by atoms with Crippen LogP contribution < -0.4 is 0 Å². The van der Waals surface area contributed by atoms with E-state index in [0.29, 0.717) is 19.3 Å². The zero-order chi connectivity index (χ0) is 41.2. The highest BCUT2D eigenvalue weighted by molar-refractivity contribution is 5.71. The minimum atomic E-state index is -0.760. The minimum Gasteiger partial charge on any atom is -0.462 e. The third-order valence-electron chi connectivity index (χ3n) is 11.2. The highest BCUT2D eigenvalue weighted by Gasteiger charge is 2.19. The molecule has 0 aromatic heterocycles. The lowest BCUT2D eigenvalue weighted by molar-refractivity contribution is -0.167. The van der Waals surface area contributed by atoms with Crippen molar-refractivity contribution < 1.29 is 28.6 Å². The van der Waals surface area contributed by atoms with E-state index in [9.17, 15) is 14.4 Å². The molecule has 0 aliphatic carbocycles. The molecule has 0 spiro atoms. The van der Waals surface area contributed by atoms with Gasteiger partial charge in [0.25, 0.3) is 0 Å². The van der Waals surface area contributed by atoms with Crippen LogP contribution in [-0.2, 0) is 28.6 Å². The monoisotopic (exact) mass is 793 g/mol. The summed E-state index contributed by atoms with van der Waals surface area (Å²) in [6.07, 6.45) is 42.3. The van der Waals surface area contributed by atoms with E-state index in [1.807, 2.05) is 0 Å². The average Bonchev–Trinajstić information content (AvgIpc) is 3.16. The molecule has 332 valence electrons. The predicted octanol–water partition coefficient (Wildman–Crippen LogP) is 15.8. The molecule has 6 heteroatoms. The number of carbonyl (C=O) groups excluding carboxylic acids is 3. The van der Waals surface area contributed by atoms with Crippen LogP contribution in [0.5, 0.6) is 0 Å². The molecule has 56 heavy (non-hydrogen) atoms. The summed E-state index contributed by atoms with van der Waals surface area (Å²) in [7, 11) is 0. The van der Waals surface area contributed by atoms with Crippen molar-refractivity contribution in [2.45, 2.75) is 278 Å². The van der Waals surface area contributed by atoms with Gasteiger partial charge in [-0.2, -0.15) is 0 Å². The predicted molar refractivity (Wildman–Crippen MR) is 238 cm³/mol. The number of esters is 3. The lowest BCUT2D eigenvalue weighted by Gasteiger charge is -2.18. The average molecular weight is 793 g/mol. The van der Waals surface area contributed by atoms with Crippen molar-refractivity contribution in [1.82, 2.24) is 0 Å². The van der Waals surface area contributed by atoms with Crippen LogP contribution >= 0.6 is 0 Å².